The molecule has 1 rings (SSSR count). The Kier molecular flexibility index (Phi) is 20.5. The Morgan fingerprint density at radius 1 is 0.650 bits per heavy atom. The van der Waals surface area contributed by atoms with Gasteiger partial charge in [-0.2, -0.15) is 0 Å². The van der Waals surface area contributed by atoms with Gasteiger partial charge in [0.05, 0.1) is 72.7 Å². The Balaban J connectivity index is 2.08. The van der Waals surface area contributed by atoms with E-state index in [1.165, 1.54) is 0 Å². The Morgan fingerprint density at radius 3 is 1.60 bits per heavy atom. The van der Waals surface area contributed by atoms with E-state index in [1.807, 2.05) is 19.9 Å². The molecule has 0 spiro atoms. The fourth-order valence-corrected chi connectivity index (χ4v) is 3.21. The molecule has 40 heavy (non-hydrogen) atoms. The molecule has 1 unspecified atom stereocenters. The van der Waals surface area contributed by atoms with Crippen molar-refractivity contribution in [2.45, 2.75) is 39.3 Å². The van der Waals surface area contributed by atoms with Gasteiger partial charge in [0, 0.05) is 19.2 Å². The number of carbonyl (C=O) groups is 3. The number of benzene rings is 1. The van der Waals surface area contributed by atoms with E-state index in [4.69, 9.17) is 28.4 Å². The first-order valence-electron chi connectivity index (χ1n) is 13.7. The summed E-state index contributed by atoms with van der Waals surface area (Å²) in [6.45, 7) is 10.1. The van der Waals surface area contributed by atoms with E-state index >= 15 is 0 Å². The highest BCUT2D eigenvalue weighted by molar-refractivity contribution is 5.98. The van der Waals surface area contributed by atoms with Gasteiger partial charge in [-0.25, -0.2) is 0 Å². The highest BCUT2D eigenvalue weighted by Crippen LogP contribution is 2.07. The van der Waals surface area contributed by atoms with E-state index in [-0.39, 0.29) is 30.8 Å². The molecule has 0 bridgehead atoms. The maximum atomic E-state index is 12.7. The topological polar surface area (TPSA) is 143 Å². The molecule has 0 aliphatic carbocycles. The first-order chi connectivity index (χ1) is 19.3. The van der Waals surface area contributed by atoms with Gasteiger partial charge < -0.3 is 44.4 Å². The number of hydrogen-bond acceptors (Lipinski definition) is 9. The molecule has 0 aliphatic rings. The van der Waals surface area contributed by atoms with Crippen LogP contribution in [0.3, 0.4) is 0 Å². The van der Waals surface area contributed by atoms with Crippen LogP contribution in [-0.2, 0) is 42.8 Å². The van der Waals surface area contributed by atoms with Crippen LogP contribution in [0.5, 0.6) is 0 Å². The van der Waals surface area contributed by atoms with E-state index in [9.17, 15) is 14.4 Å². The Labute approximate surface area is 237 Å². The minimum Gasteiger partial charge on any atom is -0.382 e. The van der Waals surface area contributed by atoms with E-state index in [0.29, 0.717) is 71.8 Å². The van der Waals surface area contributed by atoms with Crippen LogP contribution in [0.1, 0.15) is 27.2 Å². The third-order valence-corrected chi connectivity index (χ3v) is 5.45. The maximum absolute atomic E-state index is 12.7. The fourth-order valence-electron chi connectivity index (χ4n) is 3.21. The lowest BCUT2D eigenvalue weighted by Gasteiger charge is -2.24. The summed E-state index contributed by atoms with van der Waals surface area (Å²) >= 11 is 0. The lowest BCUT2D eigenvalue weighted by Crippen LogP contribution is -2.53. The number of rotatable bonds is 24. The Morgan fingerprint density at radius 2 is 1.12 bits per heavy atom. The molecule has 3 N–H and O–H groups in total. The Bertz CT molecular complexity index is 811. The van der Waals surface area contributed by atoms with Gasteiger partial charge in [0.15, 0.2) is 0 Å². The number of amides is 3. The van der Waals surface area contributed by atoms with Crippen molar-refractivity contribution in [3.63, 3.8) is 0 Å². The highest BCUT2D eigenvalue weighted by atomic mass is 16.6. The summed E-state index contributed by atoms with van der Waals surface area (Å²) in [5, 5.41) is 8.15. The predicted octanol–water partition coefficient (Wildman–Crippen LogP) is 1.39. The maximum Gasteiger partial charge on any atom is 0.246 e. The zero-order valence-electron chi connectivity index (χ0n) is 24.3. The summed E-state index contributed by atoms with van der Waals surface area (Å²) in [5.74, 6) is -1.25. The van der Waals surface area contributed by atoms with Gasteiger partial charge in [-0.05, 0) is 25.0 Å². The molecule has 0 fully saturated rings. The number of para-hydroxylation sites is 1. The number of hydrogen-bond donors (Lipinski definition) is 3. The van der Waals surface area contributed by atoms with Crippen LogP contribution in [0.4, 0.5) is 5.69 Å². The Hall–Kier alpha value is -2.61. The molecule has 0 saturated carbocycles. The van der Waals surface area contributed by atoms with Crippen molar-refractivity contribution < 1.29 is 42.8 Å². The summed E-state index contributed by atoms with van der Waals surface area (Å²) in [7, 11) is 1.63. The van der Waals surface area contributed by atoms with Crippen LogP contribution in [0.2, 0.25) is 0 Å². The van der Waals surface area contributed by atoms with Gasteiger partial charge in [0.25, 0.3) is 0 Å². The molecule has 0 aromatic heterocycles. The van der Waals surface area contributed by atoms with Crippen LogP contribution in [-0.4, -0.2) is 110 Å². The third kappa shape index (κ3) is 17.9. The molecule has 12 heteroatoms. The number of methoxy groups -OCH3 is 1. The van der Waals surface area contributed by atoms with Gasteiger partial charge in [-0.15, -0.1) is 0 Å². The quantitative estimate of drug-likeness (QED) is 0.157. The van der Waals surface area contributed by atoms with Crippen molar-refractivity contribution in [2.75, 3.05) is 85.1 Å². The molecule has 228 valence electrons. The SMILES string of the molecule is COCCOCCOCCOCCOCCOCCC(=O)NC(C(=O)N[C@@H](C)C(=O)Nc1ccccc1)C(C)C. The van der Waals surface area contributed by atoms with Crippen LogP contribution < -0.4 is 16.0 Å². The third-order valence-electron chi connectivity index (χ3n) is 5.45. The van der Waals surface area contributed by atoms with Gasteiger partial charge in [-0.3, -0.25) is 14.4 Å². The van der Waals surface area contributed by atoms with Crippen LogP contribution in [0.25, 0.3) is 0 Å². The summed E-state index contributed by atoms with van der Waals surface area (Å²) in [5.41, 5.74) is 0.638. The van der Waals surface area contributed by atoms with Crippen molar-refractivity contribution in [3.05, 3.63) is 30.3 Å². The van der Waals surface area contributed by atoms with Gasteiger partial charge >= 0.3 is 0 Å². The minimum absolute atomic E-state index is 0.0983. The number of anilines is 1. The number of ether oxygens (including phenoxy) is 6. The summed E-state index contributed by atoms with van der Waals surface area (Å²) in [6.07, 6.45) is 0.0983. The lowest BCUT2D eigenvalue weighted by atomic mass is 10.0. The zero-order chi connectivity index (χ0) is 29.4. The van der Waals surface area contributed by atoms with E-state index < -0.39 is 18.0 Å². The molecular weight excluding hydrogens is 522 g/mol. The number of carbonyl (C=O) groups excluding carboxylic acids is 3. The molecule has 1 aromatic carbocycles. The fraction of sp³-hybridized carbons (Fsp3) is 0.679. The second kappa shape index (κ2) is 23.1. The standard InChI is InChI=1S/C28H47N3O9/c1-22(2)26(28(34)29-23(3)27(33)30-24-8-6-5-7-9-24)31-25(32)10-11-36-14-15-38-18-19-40-21-20-39-17-16-37-13-12-35-4/h5-9,22-23,26H,10-21H2,1-4H3,(H,29,34)(H,30,33)(H,31,32)/t23-,26?/m0/s1. The van der Waals surface area contributed by atoms with Gasteiger partial charge in [0.2, 0.25) is 17.7 Å². The molecule has 0 radical (unpaired) electrons. The first kappa shape index (κ1) is 35.4. The molecule has 1 aromatic rings. The second-order valence-corrected chi connectivity index (χ2v) is 9.18. The first-order valence-corrected chi connectivity index (χ1v) is 13.7. The second-order valence-electron chi connectivity index (χ2n) is 9.18. The predicted molar refractivity (Wildman–Crippen MR) is 150 cm³/mol. The molecule has 0 aliphatic heterocycles. The molecule has 12 nitrogen and oxygen atoms in total. The van der Waals surface area contributed by atoms with Gasteiger partial charge in [-0.1, -0.05) is 32.0 Å². The highest BCUT2D eigenvalue weighted by Gasteiger charge is 2.26. The molecule has 0 heterocycles. The van der Waals surface area contributed by atoms with E-state index in [0.717, 1.165) is 0 Å². The summed E-state index contributed by atoms with van der Waals surface area (Å²) in [6, 6.07) is 7.42. The average Bonchev–Trinajstić information content (AvgIpc) is 2.93. The van der Waals surface area contributed by atoms with Crippen LogP contribution in [0, 0.1) is 5.92 Å². The largest absolute Gasteiger partial charge is 0.382 e. The van der Waals surface area contributed by atoms with E-state index in [2.05, 4.69) is 16.0 Å². The molecule has 0 saturated heterocycles. The number of nitrogens with one attached hydrogen (secondary N) is 3. The molecule has 3 amide bonds. The van der Waals surface area contributed by atoms with Crippen molar-refractivity contribution in [1.82, 2.24) is 10.6 Å². The van der Waals surface area contributed by atoms with Gasteiger partial charge in [0.1, 0.15) is 12.1 Å². The van der Waals surface area contributed by atoms with Crippen LogP contribution >= 0.6 is 0 Å². The lowest BCUT2D eigenvalue weighted by molar-refractivity contribution is -0.132. The normalized spacial score (nSPS) is 12.6. The van der Waals surface area contributed by atoms with Crippen molar-refractivity contribution in [3.8, 4) is 0 Å². The summed E-state index contributed by atoms with van der Waals surface area (Å²) < 4.78 is 31.8. The molecular formula is C28H47N3O9. The monoisotopic (exact) mass is 569 g/mol. The average molecular weight is 570 g/mol. The van der Waals surface area contributed by atoms with Crippen molar-refractivity contribution >= 4 is 23.4 Å². The van der Waals surface area contributed by atoms with Crippen LogP contribution in [0.15, 0.2) is 30.3 Å². The van der Waals surface area contributed by atoms with E-state index in [1.54, 1.807) is 38.3 Å². The zero-order valence-corrected chi connectivity index (χ0v) is 24.3. The summed E-state index contributed by atoms with van der Waals surface area (Å²) in [4.78, 5) is 37.5. The minimum atomic E-state index is -0.776. The van der Waals surface area contributed by atoms with Crippen molar-refractivity contribution in [1.29, 1.82) is 0 Å². The molecule has 2 atom stereocenters. The smallest absolute Gasteiger partial charge is 0.246 e. The van der Waals surface area contributed by atoms with Crippen molar-refractivity contribution in [2.24, 2.45) is 5.92 Å².